The van der Waals surface area contributed by atoms with Gasteiger partial charge in [-0.15, -0.1) is 11.3 Å². The van der Waals surface area contributed by atoms with E-state index in [1.165, 1.54) is 11.3 Å². The van der Waals surface area contributed by atoms with Gasteiger partial charge in [-0.3, -0.25) is 0 Å². The van der Waals surface area contributed by atoms with Crippen LogP contribution in [0.5, 0.6) is 0 Å². The smallest absolute Gasteiger partial charge is 0.331 e. The largest absolute Gasteiger partial charge is 0.479 e. The highest BCUT2D eigenvalue weighted by Gasteiger charge is 2.21. The van der Waals surface area contributed by atoms with Crippen LogP contribution in [0.2, 0.25) is 5.02 Å². The summed E-state index contributed by atoms with van der Waals surface area (Å²) in [5, 5.41) is 12.8. The first-order valence-corrected chi connectivity index (χ1v) is 7.05. The molecule has 0 fully saturated rings. The maximum absolute atomic E-state index is 11.3. The number of carbonyl (C=O) groups is 1. The van der Waals surface area contributed by atoms with Crippen molar-refractivity contribution in [3.05, 3.63) is 50.1 Å². The highest BCUT2D eigenvalue weighted by molar-refractivity contribution is 9.11. The third-order valence-corrected chi connectivity index (χ3v) is 4.18. The number of carboxylic acid groups (broad SMARTS) is 1. The number of thiophene rings is 1. The monoisotopic (exact) mass is 345 g/mol. The Kier molecular flexibility index (Phi) is 4.27. The predicted octanol–water partition coefficient (Wildman–Crippen LogP) is 4.40. The lowest BCUT2D eigenvalue weighted by Crippen LogP contribution is -2.19. The molecule has 0 amide bonds. The molecular weight excluding hydrogens is 338 g/mol. The van der Waals surface area contributed by atoms with E-state index in [0.29, 0.717) is 10.7 Å². The molecule has 2 N–H and O–H groups in total. The van der Waals surface area contributed by atoms with Crippen molar-refractivity contribution in [1.29, 1.82) is 0 Å². The van der Waals surface area contributed by atoms with E-state index in [1.54, 1.807) is 30.3 Å². The lowest BCUT2D eigenvalue weighted by Gasteiger charge is -2.14. The van der Waals surface area contributed by atoms with E-state index in [4.69, 9.17) is 11.6 Å². The fourth-order valence-electron chi connectivity index (χ4n) is 1.48. The maximum atomic E-state index is 11.3. The molecule has 0 bridgehead atoms. The Labute approximate surface area is 122 Å². The summed E-state index contributed by atoms with van der Waals surface area (Å²) in [4.78, 5) is 12.0. The molecule has 3 nitrogen and oxygen atoms in total. The number of hydrogen-bond donors (Lipinski definition) is 2. The minimum absolute atomic E-state index is 0.566. The van der Waals surface area contributed by atoms with Gasteiger partial charge in [-0.25, -0.2) is 4.79 Å². The molecule has 1 heterocycles. The lowest BCUT2D eigenvalue weighted by molar-refractivity contribution is -0.138. The average Bonchev–Trinajstić information content (AvgIpc) is 2.72. The van der Waals surface area contributed by atoms with Crippen LogP contribution in [-0.4, -0.2) is 11.1 Å². The number of rotatable bonds is 4. The van der Waals surface area contributed by atoms with Crippen LogP contribution < -0.4 is 5.32 Å². The van der Waals surface area contributed by atoms with Crippen LogP contribution in [0, 0.1) is 0 Å². The van der Waals surface area contributed by atoms with Crippen LogP contribution in [0.1, 0.15) is 10.9 Å². The lowest BCUT2D eigenvalue weighted by atomic mass is 10.2. The van der Waals surface area contributed by atoms with Gasteiger partial charge in [-0.05, 0) is 46.3 Å². The van der Waals surface area contributed by atoms with Crippen molar-refractivity contribution in [1.82, 2.24) is 0 Å². The van der Waals surface area contributed by atoms with E-state index in [2.05, 4.69) is 21.2 Å². The number of carboxylic acids is 1. The van der Waals surface area contributed by atoms with E-state index in [-0.39, 0.29) is 0 Å². The standard InChI is InChI=1S/C12H9BrClNO2S/c13-10-5-4-9(18-10)11(12(16)17)15-8-3-1-2-7(14)6-8/h1-6,11,15H,(H,16,17). The summed E-state index contributed by atoms with van der Waals surface area (Å²) in [7, 11) is 0. The Hall–Kier alpha value is -1.04. The number of nitrogens with one attached hydrogen (secondary N) is 1. The summed E-state index contributed by atoms with van der Waals surface area (Å²) in [5.74, 6) is -0.927. The van der Waals surface area contributed by atoms with Crippen molar-refractivity contribution in [2.75, 3.05) is 5.32 Å². The molecular formula is C12H9BrClNO2S. The first-order chi connectivity index (χ1) is 8.56. The number of anilines is 1. The molecule has 18 heavy (non-hydrogen) atoms. The van der Waals surface area contributed by atoms with E-state index < -0.39 is 12.0 Å². The van der Waals surface area contributed by atoms with Crippen LogP contribution in [-0.2, 0) is 4.79 Å². The topological polar surface area (TPSA) is 49.3 Å². The summed E-state index contributed by atoms with van der Waals surface area (Å²) < 4.78 is 0.900. The minimum Gasteiger partial charge on any atom is -0.479 e. The molecule has 0 aliphatic rings. The second-order valence-corrected chi connectivity index (χ2v) is 6.50. The van der Waals surface area contributed by atoms with Crippen molar-refractivity contribution < 1.29 is 9.90 Å². The Bertz CT molecular complexity index is 573. The van der Waals surface area contributed by atoms with Gasteiger partial charge in [0, 0.05) is 15.6 Å². The zero-order chi connectivity index (χ0) is 13.1. The molecule has 1 unspecified atom stereocenters. The van der Waals surface area contributed by atoms with E-state index in [0.717, 1.165) is 8.66 Å². The second kappa shape index (κ2) is 5.73. The molecule has 0 radical (unpaired) electrons. The van der Waals surface area contributed by atoms with Crippen molar-refractivity contribution in [3.8, 4) is 0 Å². The van der Waals surface area contributed by atoms with Crippen LogP contribution >= 0.6 is 38.9 Å². The number of halogens is 2. The summed E-state index contributed by atoms with van der Waals surface area (Å²) in [6.07, 6.45) is 0. The highest BCUT2D eigenvalue weighted by Crippen LogP contribution is 2.30. The molecule has 1 aromatic carbocycles. The molecule has 1 aromatic heterocycles. The normalized spacial score (nSPS) is 12.1. The molecule has 2 aromatic rings. The Balaban J connectivity index is 2.24. The molecule has 0 saturated carbocycles. The number of benzene rings is 1. The molecule has 94 valence electrons. The fourth-order valence-corrected chi connectivity index (χ4v) is 3.14. The molecule has 0 spiro atoms. The van der Waals surface area contributed by atoms with Crippen molar-refractivity contribution in [3.63, 3.8) is 0 Å². The number of hydrogen-bond acceptors (Lipinski definition) is 3. The van der Waals surface area contributed by atoms with Crippen molar-refractivity contribution in [2.45, 2.75) is 6.04 Å². The molecule has 1 atom stereocenters. The van der Waals surface area contributed by atoms with Gasteiger partial charge >= 0.3 is 5.97 Å². The van der Waals surface area contributed by atoms with Crippen LogP contribution in [0.25, 0.3) is 0 Å². The highest BCUT2D eigenvalue weighted by atomic mass is 79.9. The third-order valence-electron chi connectivity index (χ3n) is 2.26. The van der Waals surface area contributed by atoms with Gasteiger partial charge in [0.05, 0.1) is 3.79 Å². The zero-order valence-corrected chi connectivity index (χ0v) is 12.2. The van der Waals surface area contributed by atoms with Gasteiger partial charge < -0.3 is 10.4 Å². The summed E-state index contributed by atoms with van der Waals surface area (Å²) in [5.41, 5.74) is 0.680. The first kappa shape index (κ1) is 13.4. The zero-order valence-electron chi connectivity index (χ0n) is 9.06. The van der Waals surface area contributed by atoms with E-state index in [1.807, 2.05) is 6.07 Å². The average molecular weight is 347 g/mol. The Morgan fingerprint density at radius 1 is 1.39 bits per heavy atom. The van der Waals surface area contributed by atoms with Gasteiger partial charge in [-0.2, -0.15) is 0 Å². The number of aliphatic carboxylic acids is 1. The first-order valence-electron chi connectivity index (χ1n) is 5.06. The Morgan fingerprint density at radius 2 is 2.17 bits per heavy atom. The van der Waals surface area contributed by atoms with E-state index >= 15 is 0 Å². The van der Waals surface area contributed by atoms with Gasteiger partial charge in [0.2, 0.25) is 0 Å². The predicted molar refractivity (Wildman–Crippen MR) is 77.5 cm³/mol. The SMILES string of the molecule is O=C(O)C(Nc1cccc(Cl)c1)c1ccc(Br)s1. The quantitative estimate of drug-likeness (QED) is 0.862. The van der Waals surface area contributed by atoms with Gasteiger partial charge in [-0.1, -0.05) is 17.7 Å². The summed E-state index contributed by atoms with van der Waals surface area (Å²) >= 11 is 10.6. The summed E-state index contributed by atoms with van der Waals surface area (Å²) in [6.45, 7) is 0. The van der Waals surface area contributed by atoms with Gasteiger partial charge in [0.25, 0.3) is 0 Å². The van der Waals surface area contributed by atoms with Crippen LogP contribution in [0.4, 0.5) is 5.69 Å². The molecule has 0 aliphatic heterocycles. The summed E-state index contributed by atoms with van der Waals surface area (Å²) in [6, 6.07) is 9.82. The third kappa shape index (κ3) is 3.25. The van der Waals surface area contributed by atoms with E-state index in [9.17, 15) is 9.90 Å². The molecule has 0 aliphatic carbocycles. The maximum Gasteiger partial charge on any atom is 0.331 e. The molecule has 6 heteroatoms. The van der Waals surface area contributed by atoms with Gasteiger partial charge in [0.15, 0.2) is 6.04 Å². The van der Waals surface area contributed by atoms with Gasteiger partial charge in [0.1, 0.15) is 0 Å². The van der Waals surface area contributed by atoms with Crippen molar-refractivity contribution in [2.24, 2.45) is 0 Å². The molecule has 2 rings (SSSR count). The second-order valence-electron chi connectivity index (χ2n) is 3.57. The Morgan fingerprint density at radius 3 is 2.72 bits per heavy atom. The molecule has 0 saturated heterocycles. The van der Waals surface area contributed by atoms with Crippen molar-refractivity contribution >= 4 is 50.5 Å². The fraction of sp³-hybridized carbons (Fsp3) is 0.0833. The van der Waals surface area contributed by atoms with Crippen LogP contribution in [0.3, 0.4) is 0 Å². The minimum atomic E-state index is -0.927. The van der Waals surface area contributed by atoms with Crippen LogP contribution in [0.15, 0.2) is 40.2 Å².